The van der Waals surface area contributed by atoms with Gasteiger partial charge in [0.1, 0.15) is 12.0 Å². The largest absolute Gasteiger partial charge is 0.299 e. The van der Waals surface area contributed by atoms with Crippen LogP contribution in [0.1, 0.15) is 5.56 Å². The summed E-state index contributed by atoms with van der Waals surface area (Å²) in [5.41, 5.74) is 1.06. The molecule has 24 heavy (non-hydrogen) atoms. The lowest BCUT2D eigenvalue weighted by atomic mass is 10.2. The van der Waals surface area contributed by atoms with Crippen LogP contribution in [0.5, 0.6) is 0 Å². The van der Waals surface area contributed by atoms with Gasteiger partial charge in [0.25, 0.3) is 5.69 Å². The summed E-state index contributed by atoms with van der Waals surface area (Å²) in [6, 6.07) is 12.5. The van der Waals surface area contributed by atoms with Crippen molar-refractivity contribution in [3.05, 3.63) is 76.7 Å². The summed E-state index contributed by atoms with van der Waals surface area (Å²) in [6.45, 7) is 1.86. The molecule has 1 heterocycles. The Hall–Kier alpha value is -3.00. The summed E-state index contributed by atoms with van der Waals surface area (Å²) in [6.07, 6.45) is 2.53. The van der Waals surface area contributed by atoms with Gasteiger partial charge in [0.2, 0.25) is 9.84 Å². The average molecular weight is 343 g/mol. The predicted octanol–water partition coefficient (Wildman–Crippen LogP) is 2.92. The number of rotatable bonds is 4. The van der Waals surface area contributed by atoms with Crippen molar-refractivity contribution in [1.29, 1.82) is 0 Å². The van der Waals surface area contributed by atoms with Crippen molar-refractivity contribution in [3.8, 4) is 5.69 Å². The molecule has 0 amide bonds. The number of hydrogen-bond acceptors (Lipinski definition) is 5. The van der Waals surface area contributed by atoms with Crippen molar-refractivity contribution in [3.63, 3.8) is 0 Å². The van der Waals surface area contributed by atoms with E-state index in [1.807, 2.05) is 6.92 Å². The number of aromatic nitrogens is 2. The number of nitro benzene ring substituents is 1. The molecule has 0 atom stereocenters. The van der Waals surface area contributed by atoms with Crippen molar-refractivity contribution in [2.75, 3.05) is 0 Å². The highest BCUT2D eigenvalue weighted by atomic mass is 32.2. The van der Waals surface area contributed by atoms with E-state index in [1.165, 1.54) is 41.4 Å². The Bertz CT molecular complexity index is 1010. The maximum absolute atomic E-state index is 12.6. The summed E-state index contributed by atoms with van der Waals surface area (Å²) < 4.78 is 26.5. The van der Waals surface area contributed by atoms with E-state index in [4.69, 9.17) is 0 Å². The molecule has 0 unspecified atom stereocenters. The van der Waals surface area contributed by atoms with Gasteiger partial charge in [-0.15, -0.1) is 0 Å². The van der Waals surface area contributed by atoms with E-state index in [-0.39, 0.29) is 21.3 Å². The zero-order valence-electron chi connectivity index (χ0n) is 12.7. The molecule has 0 saturated carbocycles. The first-order valence-corrected chi connectivity index (χ1v) is 8.47. The number of benzene rings is 2. The lowest BCUT2D eigenvalue weighted by Gasteiger charge is -2.03. The van der Waals surface area contributed by atoms with Gasteiger partial charge in [0.15, 0.2) is 5.03 Å². The van der Waals surface area contributed by atoms with Crippen LogP contribution in [-0.4, -0.2) is 22.9 Å². The van der Waals surface area contributed by atoms with Crippen LogP contribution in [0.2, 0.25) is 0 Å². The molecular formula is C16H13N3O4S. The predicted molar refractivity (Wildman–Crippen MR) is 86.8 cm³/mol. The van der Waals surface area contributed by atoms with Gasteiger partial charge >= 0.3 is 0 Å². The van der Waals surface area contributed by atoms with E-state index in [2.05, 4.69) is 4.98 Å². The van der Waals surface area contributed by atoms with E-state index >= 15 is 0 Å². The number of aryl methyl sites for hydroxylation is 1. The third-order valence-electron chi connectivity index (χ3n) is 3.52. The molecule has 0 saturated heterocycles. The van der Waals surface area contributed by atoms with Gasteiger partial charge in [-0.25, -0.2) is 13.4 Å². The van der Waals surface area contributed by atoms with Gasteiger partial charge in [0, 0.05) is 12.3 Å². The monoisotopic (exact) mass is 343 g/mol. The van der Waals surface area contributed by atoms with Gasteiger partial charge < -0.3 is 0 Å². The van der Waals surface area contributed by atoms with Crippen LogP contribution in [0.4, 0.5) is 5.69 Å². The Morgan fingerprint density at radius 2 is 1.75 bits per heavy atom. The summed E-state index contributed by atoms with van der Waals surface area (Å²) in [5, 5.41) is 10.9. The molecule has 0 bridgehead atoms. The number of nitrogens with zero attached hydrogens (tertiary/aromatic N) is 3. The molecule has 3 aromatic rings. The maximum Gasteiger partial charge on any atom is 0.293 e. The molecule has 0 spiro atoms. The number of imidazole rings is 1. The molecule has 0 N–H and O–H groups in total. The highest BCUT2D eigenvalue weighted by Gasteiger charge is 2.22. The SMILES string of the molecule is Cc1ccc(S(=O)(=O)c2cn(-c3ccccc3[N+](=O)[O-])cn2)cc1. The molecule has 3 rings (SSSR count). The highest BCUT2D eigenvalue weighted by Crippen LogP contribution is 2.25. The van der Waals surface area contributed by atoms with E-state index in [0.717, 1.165) is 5.56 Å². The first kappa shape index (κ1) is 15.9. The lowest BCUT2D eigenvalue weighted by Crippen LogP contribution is -2.02. The first-order valence-electron chi connectivity index (χ1n) is 6.99. The fourth-order valence-corrected chi connectivity index (χ4v) is 3.42. The smallest absolute Gasteiger partial charge is 0.293 e. The van der Waals surface area contributed by atoms with Crippen molar-refractivity contribution in [2.45, 2.75) is 16.8 Å². The van der Waals surface area contributed by atoms with E-state index in [1.54, 1.807) is 24.3 Å². The number of nitro groups is 1. The minimum Gasteiger partial charge on any atom is -0.299 e. The van der Waals surface area contributed by atoms with Crippen LogP contribution in [0.25, 0.3) is 5.69 Å². The molecule has 8 heteroatoms. The van der Waals surface area contributed by atoms with Crippen LogP contribution in [-0.2, 0) is 9.84 Å². The summed E-state index contributed by atoms with van der Waals surface area (Å²) in [5.74, 6) is 0. The quantitative estimate of drug-likeness (QED) is 0.536. The summed E-state index contributed by atoms with van der Waals surface area (Å²) >= 11 is 0. The minimum absolute atomic E-state index is 0.126. The van der Waals surface area contributed by atoms with E-state index in [0.29, 0.717) is 0 Å². The zero-order chi connectivity index (χ0) is 17.3. The Kier molecular flexibility index (Phi) is 3.90. The number of para-hydroxylation sites is 2. The van der Waals surface area contributed by atoms with Crippen molar-refractivity contribution in [2.24, 2.45) is 0 Å². The molecule has 1 aromatic heterocycles. The van der Waals surface area contributed by atoms with Crippen LogP contribution in [0.3, 0.4) is 0 Å². The molecule has 122 valence electrons. The number of sulfone groups is 1. The normalized spacial score (nSPS) is 11.4. The molecule has 0 radical (unpaired) electrons. The molecule has 0 fully saturated rings. The van der Waals surface area contributed by atoms with Crippen LogP contribution in [0, 0.1) is 17.0 Å². The van der Waals surface area contributed by atoms with Crippen LogP contribution >= 0.6 is 0 Å². The molecule has 2 aromatic carbocycles. The topological polar surface area (TPSA) is 95.1 Å². The van der Waals surface area contributed by atoms with Crippen molar-refractivity contribution >= 4 is 15.5 Å². The Morgan fingerprint density at radius 1 is 1.08 bits per heavy atom. The summed E-state index contributed by atoms with van der Waals surface area (Å²) in [4.78, 5) is 14.6. The second kappa shape index (κ2) is 5.89. The molecule has 0 aliphatic heterocycles. The first-order chi connectivity index (χ1) is 11.4. The number of hydrogen-bond donors (Lipinski definition) is 0. The molecule has 0 aliphatic rings. The highest BCUT2D eigenvalue weighted by molar-refractivity contribution is 7.91. The van der Waals surface area contributed by atoms with Crippen molar-refractivity contribution in [1.82, 2.24) is 9.55 Å². The maximum atomic E-state index is 12.6. The van der Waals surface area contributed by atoms with E-state index in [9.17, 15) is 18.5 Å². The van der Waals surface area contributed by atoms with Crippen LogP contribution in [0.15, 0.2) is 71.0 Å². The Morgan fingerprint density at radius 3 is 2.42 bits per heavy atom. The van der Waals surface area contributed by atoms with Crippen LogP contribution < -0.4 is 0 Å². The van der Waals surface area contributed by atoms with Gasteiger partial charge in [-0.2, -0.15) is 0 Å². The van der Waals surface area contributed by atoms with Gasteiger partial charge in [0.05, 0.1) is 9.82 Å². The standard InChI is InChI=1S/C16H13N3O4S/c1-12-6-8-13(9-7-12)24(22,23)16-10-18(11-17-16)14-4-2-3-5-15(14)19(20)21/h2-11H,1H3. The average Bonchev–Trinajstić information content (AvgIpc) is 3.06. The zero-order valence-corrected chi connectivity index (χ0v) is 13.5. The van der Waals surface area contributed by atoms with Gasteiger partial charge in [-0.05, 0) is 25.1 Å². The third-order valence-corrected chi connectivity index (χ3v) is 5.18. The van der Waals surface area contributed by atoms with E-state index < -0.39 is 14.8 Å². The van der Waals surface area contributed by atoms with Gasteiger partial charge in [-0.1, -0.05) is 29.8 Å². The third kappa shape index (κ3) is 2.79. The second-order valence-electron chi connectivity index (χ2n) is 5.18. The Labute approximate surface area is 138 Å². The molecular weight excluding hydrogens is 330 g/mol. The lowest BCUT2D eigenvalue weighted by molar-refractivity contribution is -0.384. The fraction of sp³-hybridized carbons (Fsp3) is 0.0625. The van der Waals surface area contributed by atoms with Crippen molar-refractivity contribution < 1.29 is 13.3 Å². The minimum atomic E-state index is -3.78. The molecule has 0 aliphatic carbocycles. The fourth-order valence-electron chi connectivity index (χ4n) is 2.25. The Balaban J connectivity index is 2.05. The summed E-state index contributed by atoms with van der Waals surface area (Å²) in [7, 11) is -3.78. The van der Waals surface area contributed by atoms with Gasteiger partial charge in [-0.3, -0.25) is 14.7 Å². The second-order valence-corrected chi connectivity index (χ2v) is 7.08. The molecule has 7 nitrogen and oxygen atoms in total.